The number of amides is 1. The summed E-state index contributed by atoms with van der Waals surface area (Å²) in [6.07, 6.45) is 1.54. The zero-order valence-corrected chi connectivity index (χ0v) is 12.3. The van der Waals surface area contributed by atoms with Crippen LogP contribution in [0.2, 0.25) is 0 Å². The summed E-state index contributed by atoms with van der Waals surface area (Å²) in [5.41, 5.74) is 6.88. The molecule has 0 aromatic carbocycles. The van der Waals surface area contributed by atoms with Crippen molar-refractivity contribution in [3.8, 4) is 0 Å². The Balaban J connectivity index is 2.40. The van der Waals surface area contributed by atoms with Crippen LogP contribution in [0.15, 0.2) is 16.8 Å². The molecule has 102 valence electrons. The first-order chi connectivity index (χ1) is 8.52. The molecule has 1 amide bonds. The smallest absolute Gasteiger partial charge is 0.220 e. The van der Waals surface area contributed by atoms with Gasteiger partial charge in [-0.25, -0.2) is 0 Å². The largest absolute Gasteiger partial charge is 0.350 e. The van der Waals surface area contributed by atoms with E-state index in [1.54, 1.807) is 11.3 Å². The van der Waals surface area contributed by atoms with Gasteiger partial charge in [-0.1, -0.05) is 13.8 Å². The van der Waals surface area contributed by atoms with Gasteiger partial charge in [0.1, 0.15) is 0 Å². The Morgan fingerprint density at radius 2 is 2.17 bits per heavy atom. The normalized spacial score (nSPS) is 14.5. The van der Waals surface area contributed by atoms with Crippen molar-refractivity contribution in [2.24, 2.45) is 17.6 Å². The number of nitrogens with one attached hydrogen (secondary N) is 1. The summed E-state index contributed by atoms with van der Waals surface area (Å²) in [5.74, 6) is 0.977. The van der Waals surface area contributed by atoms with Gasteiger partial charge >= 0.3 is 0 Å². The fourth-order valence-electron chi connectivity index (χ4n) is 2.10. The monoisotopic (exact) mass is 268 g/mol. The maximum atomic E-state index is 11.9. The SMILES string of the molecule is CC(C)CC(CN)CC(=O)NC(C)c1ccsc1. The van der Waals surface area contributed by atoms with Gasteiger partial charge in [0.15, 0.2) is 0 Å². The maximum Gasteiger partial charge on any atom is 0.220 e. The summed E-state index contributed by atoms with van der Waals surface area (Å²) >= 11 is 1.65. The van der Waals surface area contributed by atoms with E-state index in [4.69, 9.17) is 5.73 Å². The van der Waals surface area contributed by atoms with Gasteiger partial charge in [-0.15, -0.1) is 0 Å². The van der Waals surface area contributed by atoms with Crippen LogP contribution in [0, 0.1) is 11.8 Å². The van der Waals surface area contributed by atoms with Crippen LogP contribution >= 0.6 is 11.3 Å². The Labute approximate surface area is 114 Å². The molecule has 0 aliphatic carbocycles. The maximum absolute atomic E-state index is 11.9. The molecule has 1 aromatic heterocycles. The molecule has 0 fully saturated rings. The summed E-state index contributed by atoms with van der Waals surface area (Å²) in [4.78, 5) is 11.9. The lowest BCUT2D eigenvalue weighted by molar-refractivity contribution is -0.122. The van der Waals surface area contributed by atoms with Gasteiger partial charge in [0.05, 0.1) is 6.04 Å². The molecule has 18 heavy (non-hydrogen) atoms. The van der Waals surface area contributed by atoms with Crippen molar-refractivity contribution < 1.29 is 4.79 Å². The highest BCUT2D eigenvalue weighted by Gasteiger charge is 2.16. The molecular weight excluding hydrogens is 244 g/mol. The number of hydrogen-bond donors (Lipinski definition) is 2. The van der Waals surface area contributed by atoms with Gasteiger partial charge in [-0.3, -0.25) is 4.79 Å². The Kier molecular flexibility index (Phi) is 6.36. The molecule has 2 unspecified atom stereocenters. The molecule has 1 heterocycles. The van der Waals surface area contributed by atoms with Gasteiger partial charge in [0.25, 0.3) is 0 Å². The van der Waals surface area contributed by atoms with Crippen molar-refractivity contribution in [3.05, 3.63) is 22.4 Å². The molecule has 1 aromatic rings. The molecule has 1 rings (SSSR count). The lowest BCUT2D eigenvalue weighted by atomic mass is 9.94. The van der Waals surface area contributed by atoms with Crippen LogP contribution in [0.1, 0.15) is 45.2 Å². The molecule has 0 spiro atoms. The summed E-state index contributed by atoms with van der Waals surface area (Å²) in [5, 5.41) is 7.13. The minimum Gasteiger partial charge on any atom is -0.350 e. The van der Waals surface area contributed by atoms with E-state index in [2.05, 4.69) is 24.5 Å². The molecule has 0 aliphatic rings. The van der Waals surface area contributed by atoms with E-state index in [1.807, 2.05) is 18.4 Å². The number of nitrogens with two attached hydrogens (primary N) is 1. The standard InChI is InChI=1S/C14H24N2OS/c1-10(2)6-12(8-15)7-14(17)16-11(3)13-4-5-18-9-13/h4-5,9-12H,6-8,15H2,1-3H3,(H,16,17). The Bertz CT molecular complexity index is 349. The quantitative estimate of drug-likeness (QED) is 0.799. The van der Waals surface area contributed by atoms with Crippen molar-refractivity contribution in [2.45, 2.75) is 39.7 Å². The number of hydrogen-bond acceptors (Lipinski definition) is 3. The highest BCUT2D eigenvalue weighted by molar-refractivity contribution is 7.07. The first-order valence-electron chi connectivity index (χ1n) is 6.54. The summed E-state index contributed by atoms with van der Waals surface area (Å²) in [6, 6.07) is 2.13. The van der Waals surface area contributed by atoms with Crippen molar-refractivity contribution in [1.29, 1.82) is 0 Å². The average Bonchev–Trinajstić information content (AvgIpc) is 2.80. The molecule has 0 bridgehead atoms. The van der Waals surface area contributed by atoms with E-state index in [1.165, 1.54) is 5.56 Å². The Morgan fingerprint density at radius 3 is 2.67 bits per heavy atom. The highest BCUT2D eigenvalue weighted by Crippen LogP contribution is 2.18. The third kappa shape index (κ3) is 5.19. The third-order valence-corrected chi connectivity index (χ3v) is 3.73. The first-order valence-corrected chi connectivity index (χ1v) is 7.48. The van der Waals surface area contributed by atoms with Crippen molar-refractivity contribution in [3.63, 3.8) is 0 Å². The highest BCUT2D eigenvalue weighted by atomic mass is 32.1. The van der Waals surface area contributed by atoms with Crippen LogP contribution < -0.4 is 11.1 Å². The van der Waals surface area contributed by atoms with Gasteiger partial charge in [-0.05, 0) is 54.1 Å². The first kappa shape index (κ1) is 15.2. The van der Waals surface area contributed by atoms with Crippen LogP contribution in [0.5, 0.6) is 0 Å². The topological polar surface area (TPSA) is 55.1 Å². The minimum absolute atomic E-state index is 0.0845. The van der Waals surface area contributed by atoms with Crippen molar-refractivity contribution in [1.82, 2.24) is 5.32 Å². The lowest BCUT2D eigenvalue weighted by Gasteiger charge is -2.18. The predicted octanol–water partition coefficient (Wildman–Crippen LogP) is 2.94. The minimum atomic E-state index is 0.0845. The third-order valence-electron chi connectivity index (χ3n) is 3.03. The van der Waals surface area contributed by atoms with E-state index in [0.717, 1.165) is 6.42 Å². The fourth-order valence-corrected chi connectivity index (χ4v) is 2.85. The van der Waals surface area contributed by atoms with E-state index >= 15 is 0 Å². The second-order valence-electron chi connectivity index (χ2n) is 5.28. The number of carbonyl (C=O) groups excluding carboxylic acids is 1. The van der Waals surface area contributed by atoms with Gasteiger partial charge in [0.2, 0.25) is 5.91 Å². The van der Waals surface area contributed by atoms with Crippen LogP contribution in [0.3, 0.4) is 0 Å². The van der Waals surface area contributed by atoms with E-state index in [0.29, 0.717) is 24.8 Å². The molecule has 3 N–H and O–H groups in total. The van der Waals surface area contributed by atoms with Crippen LogP contribution in [0.25, 0.3) is 0 Å². The second-order valence-corrected chi connectivity index (χ2v) is 6.06. The summed E-state index contributed by atoms with van der Waals surface area (Å²) in [7, 11) is 0. The Morgan fingerprint density at radius 1 is 1.44 bits per heavy atom. The van der Waals surface area contributed by atoms with Crippen LogP contribution in [-0.4, -0.2) is 12.5 Å². The number of thiophene rings is 1. The van der Waals surface area contributed by atoms with Gasteiger partial charge in [-0.2, -0.15) is 11.3 Å². The summed E-state index contributed by atoms with van der Waals surface area (Å²) in [6.45, 7) is 6.92. The number of carbonyl (C=O) groups is 1. The molecule has 0 saturated heterocycles. The number of rotatable bonds is 7. The molecule has 2 atom stereocenters. The molecule has 0 aliphatic heterocycles. The lowest BCUT2D eigenvalue weighted by Crippen LogP contribution is -2.30. The van der Waals surface area contributed by atoms with Crippen molar-refractivity contribution in [2.75, 3.05) is 6.54 Å². The molecule has 0 saturated carbocycles. The van der Waals surface area contributed by atoms with E-state index < -0.39 is 0 Å². The predicted molar refractivity (Wildman–Crippen MR) is 77.5 cm³/mol. The van der Waals surface area contributed by atoms with Gasteiger partial charge in [0, 0.05) is 6.42 Å². The zero-order chi connectivity index (χ0) is 13.5. The average molecular weight is 268 g/mol. The molecule has 0 radical (unpaired) electrons. The van der Waals surface area contributed by atoms with Crippen LogP contribution in [-0.2, 0) is 4.79 Å². The van der Waals surface area contributed by atoms with E-state index in [9.17, 15) is 4.79 Å². The van der Waals surface area contributed by atoms with Gasteiger partial charge < -0.3 is 11.1 Å². The molecule has 3 nitrogen and oxygen atoms in total. The van der Waals surface area contributed by atoms with Crippen LogP contribution in [0.4, 0.5) is 0 Å². The molecule has 4 heteroatoms. The van der Waals surface area contributed by atoms with Crippen molar-refractivity contribution >= 4 is 17.2 Å². The summed E-state index contributed by atoms with van der Waals surface area (Å²) < 4.78 is 0. The Hall–Kier alpha value is -0.870. The fraction of sp³-hybridized carbons (Fsp3) is 0.643. The zero-order valence-electron chi connectivity index (χ0n) is 11.5. The second kappa shape index (κ2) is 7.54. The van der Waals surface area contributed by atoms with E-state index in [-0.39, 0.29) is 11.9 Å². The molecular formula is C14H24N2OS.